The maximum absolute atomic E-state index is 12.2. The van der Waals surface area contributed by atoms with Gasteiger partial charge in [-0.25, -0.2) is 4.98 Å². The van der Waals surface area contributed by atoms with Crippen molar-refractivity contribution in [3.8, 4) is 6.07 Å². The number of carbonyl (C=O) groups excluding carboxylic acids is 1. The molecule has 0 unspecified atom stereocenters. The van der Waals surface area contributed by atoms with Crippen LogP contribution in [0.3, 0.4) is 0 Å². The predicted octanol–water partition coefficient (Wildman–Crippen LogP) is 3.89. The SMILES string of the molecule is N#Cc1ccc(C(=O)NCc2ccc(Cn3cnc4ccccc43)cc2)cc1. The van der Waals surface area contributed by atoms with E-state index in [2.05, 4.69) is 33.1 Å². The first-order valence-corrected chi connectivity index (χ1v) is 8.99. The summed E-state index contributed by atoms with van der Waals surface area (Å²) >= 11 is 0. The molecule has 0 atom stereocenters. The Hall–Kier alpha value is -3.91. The minimum absolute atomic E-state index is 0.154. The van der Waals surface area contributed by atoms with E-state index in [0.29, 0.717) is 17.7 Å². The van der Waals surface area contributed by atoms with E-state index in [1.165, 1.54) is 5.56 Å². The number of amides is 1. The van der Waals surface area contributed by atoms with Gasteiger partial charge in [-0.05, 0) is 47.5 Å². The summed E-state index contributed by atoms with van der Waals surface area (Å²) in [4.78, 5) is 16.6. The number of hydrogen-bond acceptors (Lipinski definition) is 3. The molecule has 0 radical (unpaired) electrons. The van der Waals surface area contributed by atoms with Crippen LogP contribution in [-0.4, -0.2) is 15.5 Å². The maximum atomic E-state index is 12.2. The van der Waals surface area contributed by atoms with Crippen LogP contribution in [0.1, 0.15) is 27.0 Å². The third-order valence-corrected chi connectivity index (χ3v) is 4.63. The second-order valence-electron chi connectivity index (χ2n) is 6.55. The summed E-state index contributed by atoms with van der Waals surface area (Å²) in [5.74, 6) is -0.154. The van der Waals surface area contributed by atoms with E-state index >= 15 is 0 Å². The quantitative estimate of drug-likeness (QED) is 0.582. The van der Waals surface area contributed by atoms with Crippen molar-refractivity contribution in [2.24, 2.45) is 0 Å². The smallest absolute Gasteiger partial charge is 0.251 e. The molecule has 1 N–H and O–H groups in total. The Morgan fingerprint density at radius 2 is 1.68 bits per heavy atom. The zero-order chi connectivity index (χ0) is 19.3. The minimum atomic E-state index is -0.154. The highest BCUT2D eigenvalue weighted by Gasteiger charge is 2.06. The third kappa shape index (κ3) is 3.76. The average Bonchev–Trinajstić information content (AvgIpc) is 3.16. The number of benzene rings is 3. The number of carbonyl (C=O) groups is 1. The fraction of sp³-hybridized carbons (Fsp3) is 0.0870. The van der Waals surface area contributed by atoms with Crippen molar-refractivity contribution in [3.05, 3.63) is 101 Å². The lowest BCUT2D eigenvalue weighted by atomic mass is 10.1. The molecule has 1 amide bonds. The highest BCUT2D eigenvalue weighted by atomic mass is 16.1. The van der Waals surface area contributed by atoms with Crippen molar-refractivity contribution in [2.75, 3.05) is 0 Å². The summed E-state index contributed by atoms with van der Waals surface area (Å²) in [5.41, 5.74) is 5.39. The normalized spacial score (nSPS) is 10.5. The molecule has 0 aliphatic heterocycles. The molecule has 0 spiro atoms. The molecule has 0 fully saturated rings. The number of fused-ring (bicyclic) bond motifs is 1. The molecule has 0 saturated carbocycles. The van der Waals surface area contributed by atoms with Crippen LogP contribution in [0.15, 0.2) is 79.1 Å². The molecule has 0 bridgehead atoms. The summed E-state index contributed by atoms with van der Waals surface area (Å²) in [6, 6.07) is 24.9. The lowest BCUT2D eigenvalue weighted by molar-refractivity contribution is 0.0951. The van der Waals surface area contributed by atoms with Crippen LogP contribution in [0.2, 0.25) is 0 Å². The molecule has 1 heterocycles. The first-order chi connectivity index (χ1) is 13.7. The average molecular weight is 366 g/mol. The minimum Gasteiger partial charge on any atom is -0.348 e. The summed E-state index contributed by atoms with van der Waals surface area (Å²) in [7, 11) is 0. The third-order valence-electron chi connectivity index (χ3n) is 4.63. The van der Waals surface area contributed by atoms with Gasteiger partial charge >= 0.3 is 0 Å². The van der Waals surface area contributed by atoms with E-state index in [1.807, 2.05) is 42.7 Å². The summed E-state index contributed by atoms with van der Waals surface area (Å²) < 4.78 is 2.12. The van der Waals surface area contributed by atoms with Crippen LogP contribution in [-0.2, 0) is 13.1 Å². The number of imidazole rings is 1. The Morgan fingerprint density at radius 1 is 0.964 bits per heavy atom. The largest absolute Gasteiger partial charge is 0.348 e. The first kappa shape index (κ1) is 17.5. The number of hydrogen-bond donors (Lipinski definition) is 1. The fourth-order valence-corrected chi connectivity index (χ4v) is 3.08. The number of rotatable bonds is 5. The molecule has 28 heavy (non-hydrogen) atoms. The van der Waals surface area contributed by atoms with Crippen LogP contribution in [0, 0.1) is 11.3 Å². The molecule has 5 heteroatoms. The van der Waals surface area contributed by atoms with E-state index in [1.54, 1.807) is 24.3 Å². The molecule has 136 valence electrons. The van der Waals surface area contributed by atoms with Crippen LogP contribution in [0.25, 0.3) is 11.0 Å². The van der Waals surface area contributed by atoms with Gasteiger partial charge in [-0.1, -0.05) is 36.4 Å². The van der Waals surface area contributed by atoms with Gasteiger partial charge in [-0.15, -0.1) is 0 Å². The monoisotopic (exact) mass is 366 g/mol. The standard InChI is InChI=1S/C23H18N4O/c24-13-17-9-11-20(12-10-17)23(28)25-14-18-5-7-19(8-6-18)15-27-16-26-21-3-1-2-4-22(21)27/h1-12,16H,14-15H2,(H,25,28). The van der Waals surface area contributed by atoms with E-state index in [-0.39, 0.29) is 5.91 Å². The number of para-hydroxylation sites is 2. The zero-order valence-corrected chi connectivity index (χ0v) is 15.2. The summed E-state index contributed by atoms with van der Waals surface area (Å²) in [6.07, 6.45) is 1.86. The molecular formula is C23H18N4O. The molecule has 0 aliphatic rings. The van der Waals surface area contributed by atoms with Crippen molar-refractivity contribution in [3.63, 3.8) is 0 Å². The number of nitrogens with zero attached hydrogens (tertiary/aromatic N) is 3. The molecular weight excluding hydrogens is 348 g/mol. The second-order valence-corrected chi connectivity index (χ2v) is 6.55. The molecule has 5 nitrogen and oxygen atoms in total. The topological polar surface area (TPSA) is 70.7 Å². The van der Waals surface area contributed by atoms with Gasteiger partial charge in [0, 0.05) is 18.7 Å². The van der Waals surface area contributed by atoms with Crippen LogP contribution in [0.5, 0.6) is 0 Å². The predicted molar refractivity (Wildman–Crippen MR) is 108 cm³/mol. The summed E-state index contributed by atoms with van der Waals surface area (Å²) in [5, 5.41) is 11.7. The van der Waals surface area contributed by atoms with Crippen molar-refractivity contribution in [1.82, 2.24) is 14.9 Å². The lowest BCUT2D eigenvalue weighted by Crippen LogP contribution is -2.22. The fourth-order valence-electron chi connectivity index (χ4n) is 3.08. The lowest BCUT2D eigenvalue weighted by Gasteiger charge is -2.08. The Bertz CT molecular complexity index is 1150. The molecule has 3 aromatic carbocycles. The van der Waals surface area contributed by atoms with Gasteiger partial charge in [-0.3, -0.25) is 4.79 Å². The van der Waals surface area contributed by atoms with Crippen molar-refractivity contribution in [2.45, 2.75) is 13.1 Å². The van der Waals surface area contributed by atoms with Gasteiger partial charge in [0.05, 0.1) is 29.0 Å². The van der Waals surface area contributed by atoms with Gasteiger partial charge < -0.3 is 9.88 Å². The van der Waals surface area contributed by atoms with Gasteiger partial charge in [0.1, 0.15) is 0 Å². The van der Waals surface area contributed by atoms with Crippen LogP contribution >= 0.6 is 0 Å². The summed E-state index contributed by atoms with van der Waals surface area (Å²) in [6.45, 7) is 1.20. The molecule has 4 aromatic rings. The van der Waals surface area contributed by atoms with Crippen molar-refractivity contribution in [1.29, 1.82) is 5.26 Å². The molecule has 0 aliphatic carbocycles. The van der Waals surface area contributed by atoms with Gasteiger partial charge in [0.25, 0.3) is 5.91 Å². The van der Waals surface area contributed by atoms with E-state index in [9.17, 15) is 4.79 Å². The highest BCUT2D eigenvalue weighted by molar-refractivity contribution is 5.94. The van der Waals surface area contributed by atoms with Crippen LogP contribution in [0.4, 0.5) is 0 Å². The molecule has 4 rings (SSSR count). The maximum Gasteiger partial charge on any atom is 0.251 e. The number of nitrogens with one attached hydrogen (secondary N) is 1. The first-order valence-electron chi connectivity index (χ1n) is 8.99. The molecule has 0 saturated heterocycles. The Morgan fingerprint density at radius 3 is 2.43 bits per heavy atom. The molecule has 1 aromatic heterocycles. The van der Waals surface area contributed by atoms with Gasteiger partial charge in [0.15, 0.2) is 0 Å². The Labute approximate surface area is 162 Å². The number of aromatic nitrogens is 2. The van der Waals surface area contributed by atoms with E-state index in [4.69, 9.17) is 5.26 Å². The van der Waals surface area contributed by atoms with Gasteiger partial charge in [0.2, 0.25) is 0 Å². The second kappa shape index (κ2) is 7.77. The van der Waals surface area contributed by atoms with Crippen molar-refractivity contribution < 1.29 is 4.79 Å². The van der Waals surface area contributed by atoms with Gasteiger partial charge in [-0.2, -0.15) is 5.26 Å². The van der Waals surface area contributed by atoms with E-state index < -0.39 is 0 Å². The highest BCUT2D eigenvalue weighted by Crippen LogP contribution is 2.14. The Balaban J connectivity index is 1.38. The van der Waals surface area contributed by atoms with Crippen LogP contribution < -0.4 is 5.32 Å². The zero-order valence-electron chi connectivity index (χ0n) is 15.2. The Kier molecular flexibility index (Phi) is 4.85. The van der Waals surface area contributed by atoms with Crippen molar-refractivity contribution >= 4 is 16.9 Å². The van der Waals surface area contributed by atoms with E-state index in [0.717, 1.165) is 23.1 Å². The number of nitriles is 1.